The Labute approximate surface area is 193 Å². The van der Waals surface area contributed by atoms with E-state index < -0.39 is 23.8 Å². The summed E-state index contributed by atoms with van der Waals surface area (Å²) >= 11 is 0.721. The number of methoxy groups -OCH3 is 1. The first-order valence-electron chi connectivity index (χ1n) is 9.77. The van der Waals surface area contributed by atoms with Crippen molar-refractivity contribution in [3.63, 3.8) is 0 Å². The maximum absolute atomic E-state index is 13.5. The molecule has 0 aliphatic rings. The number of primary amides is 1. The summed E-state index contributed by atoms with van der Waals surface area (Å²) in [5, 5.41) is 2.74. The molecule has 1 atom stereocenters. The van der Waals surface area contributed by atoms with Crippen molar-refractivity contribution >= 4 is 40.6 Å². The van der Waals surface area contributed by atoms with Crippen LogP contribution in [0.2, 0.25) is 0 Å². The van der Waals surface area contributed by atoms with Crippen LogP contribution in [0, 0.1) is 5.82 Å². The predicted molar refractivity (Wildman–Crippen MR) is 123 cm³/mol. The molecule has 0 spiro atoms. The second-order valence-electron chi connectivity index (χ2n) is 7.04. The van der Waals surface area contributed by atoms with Crippen LogP contribution in [0.25, 0.3) is 0 Å². The molecule has 0 fully saturated rings. The van der Waals surface area contributed by atoms with E-state index in [-0.39, 0.29) is 28.6 Å². The van der Waals surface area contributed by atoms with E-state index in [4.69, 9.17) is 16.2 Å². The lowest BCUT2D eigenvalue weighted by Crippen LogP contribution is -2.48. The highest BCUT2D eigenvalue weighted by molar-refractivity contribution is 7.09. The van der Waals surface area contributed by atoms with Gasteiger partial charge in [0.1, 0.15) is 22.5 Å². The van der Waals surface area contributed by atoms with E-state index in [1.54, 1.807) is 43.3 Å². The summed E-state index contributed by atoms with van der Waals surface area (Å²) < 4.78 is 22.2. The molecule has 5 N–H and O–H groups in total. The van der Waals surface area contributed by atoms with Gasteiger partial charge in [0.25, 0.3) is 11.8 Å². The molecule has 9 nitrogen and oxygen atoms in total. The number of nitrogens with zero attached hydrogens (tertiary/aromatic N) is 2. The van der Waals surface area contributed by atoms with Gasteiger partial charge in [-0.15, -0.1) is 0 Å². The van der Waals surface area contributed by atoms with Gasteiger partial charge in [-0.2, -0.15) is 4.37 Å². The van der Waals surface area contributed by atoms with Crippen LogP contribution in [0.1, 0.15) is 32.6 Å². The average Bonchev–Trinajstić information content (AvgIpc) is 3.20. The Bertz CT molecular complexity index is 1180. The number of carbonyl (C=O) groups excluding carboxylic acids is 3. The fourth-order valence-electron chi connectivity index (χ4n) is 3.07. The van der Waals surface area contributed by atoms with Gasteiger partial charge in [0.2, 0.25) is 5.91 Å². The van der Waals surface area contributed by atoms with Crippen molar-refractivity contribution in [3.05, 3.63) is 70.5 Å². The number of rotatable bonds is 8. The number of aromatic nitrogens is 1. The number of halogens is 1. The lowest BCUT2D eigenvalue weighted by molar-refractivity contribution is -0.122. The number of benzene rings is 2. The summed E-state index contributed by atoms with van der Waals surface area (Å²) in [5.41, 5.74) is 11.9. The van der Waals surface area contributed by atoms with Gasteiger partial charge in [-0.05, 0) is 48.3 Å². The van der Waals surface area contributed by atoms with Crippen molar-refractivity contribution in [2.45, 2.75) is 19.5 Å². The van der Waals surface area contributed by atoms with Gasteiger partial charge in [0, 0.05) is 18.3 Å². The van der Waals surface area contributed by atoms with Gasteiger partial charge in [-0.25, -0.2) is 4.39 Å². The van der Waals surface area contributed by atoms with E-state index in [0.29, 0.717) is 17.0 Å². The average molecular weight is 472 g/mol. The topological polar surface area (TPSA) is 141 Å². The predicted octanol–water partition coefficient (Wildman–Crippen LogP) is 2.32. The van der Waals surface area contributed by atoms with Crippen molar-refractivity contribution in [1.82, 2.24) is 9.69 Å². The van der Waals surface area contributed by atoms with Gasteiger partial charge in [-0.3, -0.25) is 19.3 Å². The number of nitrogen functional groups attached to an aromatic ring is 1. The summed E-state index contributed by atoms with van der Waals surface area (Å²) in [5.74, 6) is -1.87. The molecule has 0 unspecified atom stereocenters. The minimum Gasteiger partial charge on any atom is -0.497 e. The molecule has 1 heterocycles. The smallest absolute Gasteiger partial charge is 0.272 e. The van der Waals surface area contributed by atoms with E-state index in [0.717, 1.165) is 11.5 Å². The summed E-state index contributed by atoms with van der Waals surface area (Å²) in [6.07, 6.45) is 0. The number of ether oxygens (including phenoxy) is 1. The van der Waals surface area contributed by atoms with Crippen molar-refractivity contribution < 1.29 is 23.5 Å². The molecule has 33 heavy (non-hydrogen) atoms. The maximum atomic E-state index is 13.5. The Kier molecular flexibility index (Phi) is 7.23. The molecular formula is C22H22FN5O4S. The van der Waals surface area contributed by atoms with Crippen LogP contribution in [0.15, 0.2) is 48.5 Å². The maximum Gasteiger partial charge on any atom is 0.272 e. The molecule has 3 amide bonds. The van der Waals surface area contributed by atoms with Crippen molar-refractivity contribution in [2.24, 2.45) is 5.73 Å². The van der Waals surface area contributed by atoms with Gasteiger partial charge in [-0.1, -0.05) is 18.2 Å². The Morgan fingerprint density at radius 3 is 2.52 bits per heavy atom. The van der Waals surface area contributed by atoms with Crippen LogP contribution < -0.4 is 26.4 Å². The molecule has 0 radical (unpaired) electrons. The van der Waals surface area contributed by atoms with Crippen molar-refractivity contribution in [3.8, 4) is 5.75 Å². The summed E-state index contributed by atoms with van der Waals surface area (Å²) in [6.45, 7) is 1.68. The van der Waals surface area contributed by atoms with E-state index in [9.17, 15) is 18.8 Å². The van der Waals surface area contributed by atoms with Crippen LogP contribution in [-0.4, -0.2) is 35.2 Å². The van der Waals surface area contributed by atoms with Gasteiger partial charge < -0.3 is 21.5 Å². The fraction of sp³-hybridized carbons (Fsp3) is 0.182. The highest BCUT2D eigenvalue weighted by Crippen LogP contribution is 2.29. The normalized spacial score (nSPS) is 11.5. The molecule has 1 aromatic heterocycles. The number of nitrogens with one attached hydrogen (secondary N) is 1. The molecular weight excluding hydrogens is 449 g/mol. The van der Waals surface area contributed by atoms with Crippen molar-refractivity contribution in [1.29, 1.82) is 0 Å². The Morgan fingerprint density at radius 1 is 1.21 bits per heavy atom. The zero-order valence-electron chi connectivity index (χ0n) is 17.9. The Balaban J connectivity index is 1.92. The van der Waals surface area contributed by atoms with Crippen molar-refractivity contribution in [2.75, 3.05) is 17.7 Å². The summed E-state index contributed by atoms with van der Waals surface area (Å²) in [7, 11) is 1.48. The standard InChI is InChI=1S/C22H22FN5O4S/c1-12(21(30)26-11-13-6-8-14(23)9-7-13)28(15-4-3-5-16(10-15)32-2)22(31)19-17(24)18(20(25)29)27-33-19/h3-10,12H,11,24H2,1-2H3,(H2,25,29)(H,26,30)/t12-/m0/s1. The first-order chi connectivity index (χ1) is 15.7. The quantitative estimate of drug-likeness (QED) is 0.461. The SMILES string of the molecule is COc1cccc(N(C(=O)c2snc(C(N)=O)c2N)[C@@H](C)C(=O)NCc2ccc(F)cc2)c1. The number of nitrogens with two attached hydrogens (primary N) is 2. The van der Waals surface area contributed by atoms with Crippen LogP contribution in [-0.2, 0) is 11.3 Å². The van der Waals surface area contributed by atoms with Crippen LogP contribution in [0.5, 0.6) is 5.75 Å². The van der Waals surface area contributed by atoms with Crippen LogP contribution >= 0.6 is 11.5 Å². The number of amides is 3. The minimum absolute atomic E-state index is 0.0233. The third kappa shape index (κ3) is 5.26. The highest BCUT2D eigenvalue weighted by atomic mass is 32.1. The summed E-state index contributed by atoms with van der Waals surface area (Å²) in [4.78, 5) is 39.2. The third-order valence-corrected chi connectivity index (χ3v) is 5.70. The second-order valence-corrected chi connectivity index (χ2v) is 7.81. The lowest BCUT2D eigenvalue weighted by Gasteiger charge is -2.28. The minimum atomic E-state index is -0.983. The zero-order valence-corrected chi connectivity index (χ0v) is 18.7. The second kappa shape index (κ2) is 10.1. The largest absolute Gasteiger partial charge is 0.497 e. The van der Waals surface area contributed by atoms with Gasteiger partial charge in [0.05, 0.1) is 12.8 Å². The number of anilines is 2. The lowest BCUT2D eigenvalue weighted by atomic mass is 10.1. The molecule has 11 heteroatoms. The van der Waals surface area contributed by atoms with Gasteiger partial charge in [0.15, 0.2) is 5.69 Å². The molecule has 2 aromatic carbocycles. The van der Waals surface area contributed by atoms with E-state index in [2.05, 4.69) is 9.69 Å². The number of carbonyl (C=O) groups is 3. The first kappa shape index (κ1) is 23.7. The fourth-order valence-corrected chi connectivity index (χ4v) is 3.81. The molecule has 0 saturated heterocycles. The summed E-state index contributed by atoms with van der Waals surface area (Å²) in [6, 6.07) is 11.3. The van der Waals surface area contributed by atoms with Crippen LogP contribution in [0.3, 0.4) is 0 Å². The molecule has 0 aliphatic carbocycles. The van der Waals surface area contributed by atoms with E-state index in [1.807, 2.05) is 0 Å². The Morgan fingerprint density at radius 2 is 1.91 bits per heavy atom. The number of hydrogen-bond acceptors (Lipinski definition) is 7. The van der Waals surface area contributed by atoms with E-state index >= 15 is 0 Å². The van der Waals surface area contributed by atoms with Gasteiger partial charge >= 0.3 is 0 Å². The highest BCUT2D eigenvalue weighted by Gasteiger charge is 2.32. The Hall–Kier alpha value is -3.99. The molecule has 3 aromatic rings. The van der Waals surface area contributed by atoms with Crippen LogP contribution in [0.4, 0.5) is 15.8 Å². The molecule has 0 saturated carbocycles. The molecule has 0 bridgehead atoms. The first-order valence-corrected chi connectivity index (χ1v) is 10.5. The monoisotopic (exact) mass is 471 g/mol. The molecule has 0 aliphatic heterocycles. The third-order valence-electron chi connectivity index (χ3n) is 4.85. The molecule has 3 rings (SSSR count). The molecule has 172 valence electrons. The number of hydrogen-bond donors (Lipinski definition) is 3. The zero-order chi connectivity index (χ0) is 24.1. The van der Waals surface area contributed by atoms with E-state index in [1.165, 1.54) is 24.1 Å².